The number of carbonyl (C=O) groups is 1. The quantitative estimate of drug-likeness (QED) is 0.861. The van der Waals surface area contributed by atoms with Crippen molar-refractivity contribution in [2.24, 2.45) is 0 Å². The lowest BCUT2D eigenvalue weighted by Gasteiger charge is -2.38. The van der Waals surface area contributed by atoms with E-state index in [4.69, 9.17) is 9.47 Å². The van der Waals surface area contributed by atoms with E-state index in [0.717, 1.165) is 5.56 Å². The maximum atomic E-state index is 12.3. The molecule has 1 unspecified atom stereocenters. The van der Waals surface area contributed by atoms with Gasteiger partial charge in [-0.05, 0) is 24.6 Å². The van der Waals surface area contributed by atoms with Crippen LogP contribution in [0.3, 0.4) is 0 Å². The second-order valence-corrected chi connectivity index (χ2v) is 5.16. The van der Waals surface area contributed by atoms with Crippen molar-refractivity contribution >= 4 is 5.78 Å². The van der Waals surface area contributed by atoms with Gasteiger partial charge in [0.1, 0.15) is 0 Å². The molecule has 2 aromatic rings. The van der Waals surface area contributed by atoms with E-state index in [1.165, 1.54) is 0 Å². The summed E-state index contributed by atoms with van der Waals surface area (Å²) in [5, 5.41) is 10.8. The molecule has 4 nitrogen and oxygen atoms in total. The Kier molecular flexibility index (Phi) is 2.07. The summed E-state index contributed by atoms with van der Waals surface area (Å²) >= 11 is 0. The van der Waals surface area contributed by atoms with Crippen molar-refractivity contribution in [1.82, 2.24) is 0 Å². The summed E-state index contributed by atoms with van der Waals surface area (Å²) in [6.07, 6.45) is 0. The molecule has 0 radical (unpaired) electrons. The zero-order valence-corrected chi connectivity index (χ0v) is 10.8. The van der Waals surface area contributed by atoms with Crippen LogP contribution in [0.1, 0.15) is 27.0 Å². The van der Waals surface area contributed by atoms with Crippen LogP contribution in [0.25, 0.3) is 0 Å². The van der Waals surface area contributed by atoms with Crippen LogP contribution >= 0.6 is 0 Å². The fourth-order valence-electron chi connectivity index (χ4n) is 2.77. The normalized spacial score (nSPS) is 22.4. The summed E-state index contributed by atoms with van der Waals surface area (Å²) < 4.78 is 10.6. The Balaban J connectivity index is 1.88. The van der Waals surface area contributed by atoms with Gasteiger partial charge in [0.2, 0.25) is 12.6 Å². The molecule has 1 atom stereocenters. The number of aliphatic hydroxyl groups is 1. The molecule has 0 aromatic heterocycles. The predicted octanol–water partition coefficient (Wildman–Crippen LogP) is 2.16. The molecule has 1 aliphatic carbocycles. The van der Waals surface area contributed by atoms with Crippen LogP contribution in [0.2, 0.25) is 0 Å². The third-order valence-corrected chi connectivity index (χ3v) is 3.95. The molecule has 0 amide bonds. The van der Waals surface area contributed by atoms with Crippen LogP contribution in [0.15, 0.2) is 36.4 Å². The molecule has 100 valence electrons. The van der Waals surface area contributed by atoms with Crippen LogP contribution in [-0.2, 0) is 5.60 Å². The summed E-state index contributed by atoms with van der Waals surface area (Å²) in [7, 11) is 0. The van der Waals surface area contributed by atoms with Gasteiger partial charge in [0.05, 0.1) is 0 Å². The zero-order valence-electron chi connectivity index (χ0n) is 10.8. The van der Waals surface area contributed by atoms with Crippen molar-refractivity contribution in [1.29, 1.82) is 0 Å². The van der Waals surface area contributed by atoms with Crippen LogP contribution in [0, 0.1) is 6.92 Å². The Labute approximate surface area is 115 Å². The largest absolute Gasteiger partial charge is 0.454 e. The van der Waals surface area contributed by atoms with Crippen molar-refractivity contribution in [3.63, 3.8) is 0 Å². The lowest BCUT2D eigenvalue weighted by molar-refractivity contribution is 0.0377. The molecule has 1 heterocycles. The number of hydrogen-bond acceptors (Lipinski definition) is 4. The summed E-state index contributed by atoms with van der Waals surface area (Å²) in [4.78, 5) is 12.3. The molecule has 1 aliphatic heterocycles. The molecule has 4 rings (SSSR count). The van der Waals surface area contributed by atoms with Crippen molar-refractivity contribution in [3.8, 4) is 11.5 Å². The van der Waals surface area contributed by atoms with Gasteiger partial charge in [-0.3, -0.25) is 4.79 Å². The SMILES string of the molecule is Cc1ccc(C2(O)C(=O)c3cc4c(cc32)OCO4)cc1. The number of ether oxygens (including phenoxy) is 2. The summed E-state index contributed by atoms with van der Waals surface area (Å²) in [5.41, 5.74) is 1.17. The van der Waals surface area contributed by atoms with Gasteiger partial charge >= 0.3 is 0 Å². The maximum absolute atomic E-state index is 12.3. The Morgan fingerprint density at radius 2 is 1.75 bits per heavy atom. The summed E-state index contributed by atoms with van der Waals surface area (Å²) in [6.45, 7) is 2.11. The van der Waals surface area contributed by atoms with Crippen LogP contribution < -0.4 is 9.47 Å². The highest BCUT2D eigenvalue weighted by molar-refractivity contribution is 6.15. The smallest absolute Gasteiger partial charge is 0.231 e. The topological polar surface area (TPSA) is 55.8 Å². The highest BCUT2D eigenvalue weighted by Crippen LogP contribution is 2.49. The Bertz CT molecular complexity index is 733. The molecule has 0 saturated heterocycles. The van der Waals surface area contributed by atoms with Gasteiger partial charge in [0.15, 0.2) is 17.1 Å². The van der Waals surface area contributed by atoms with E-state index in [9.17, 15) is 9.90 Å². The van der Waals surface area contributed by atoms with E-state index < -0.39 is 5.60 Å². The first kappa shape index (κ1) is 11.5. The van der Waals surface area contributed by atoms with Gasteiger partial charge in [0.25, 0.3) is 0 Å². The third kappa shape index (κ3) is 1.26. The first-order valence-electron chi connectivity index (χ1n) is 6.39. The molecule has 1 N–H and O–H groups in total. The number of carbonyl (C=O) groups excluding carboxylic acids is 1. The minimum absolute atomic E-state index is 0.148. The molecule has 20 heavy (non-hydrogen) atoms. The molecule has 2 aliphatic rings. The second-order valence-electron chi connectivity index (χ2n) is 5.16. The molecular formula is C16H12O4. The average Bonchev–Trinajstić information content (AvgIpc) is 2.93. The lowest BCUT2D eigenvalue weighted by Crippen LogP contribution is -2.47. The molecule has 0 saturated carbocycles. The van der Waals surface area contributed by atoms with E-state index in [-0.39, 0.29) is 12.6 Å². The van der Waals surface area contributed by atoms with E-state index in [1.54, 1.807) is 24.3 Å². The molecule has 0 bridgehead atoms. The molecule has 0 spiro atoms. The Hall–Kier alpha value is -2.33. The average molecular weight is 268 g/mol. The van der Waals surface area contributed by atoms with Crippen LogP contribution in [0.5, 0.6) is 11.5 Å². The fraction of sp³-hybridized carbons (Fsp3) is 0.188. The Morgan fingerprint density at radius 1 is 1.10 bits per heavy atom. The lowest BCUT2D eigenvalue weighted by atomic mass is 9.68. The first-order valence-corrected chi connectivity index (χ1v) is 6.39. The van der Waals surface area contributed by atoms with Gasteiger partial charge in [-0.2, -0.15) is 0 Å². The van der Waals surface area contributed by atoms with E-state index >= 15 is 0 Å². The summed E-state index contributed by atoms with van der Waals surface area (Å²) in [6, 6.07) is 10.7. The number of aryl methyl sites for hydroxylation is 1. The van der Waals surface area contributed by atoms with Crippen LogP contribution in [-0.4, -0.2) is 17.7 Å². The number of rotatable bonds is 1. The van der Waals surface area contributed by atoms with Gasteiger partial charge in [-0.25, -0.2) is 0 Å². The van der Waals surface area contributed by atoms with Crippen molar-refractivity contribution in [2.45, 2.75) is 12.5 Å². The maximum Gasteiger partial charge on any atom is 0.231 e. The van der Waals surface area contributed by atoms with Crippen LogP contribution in [0.4, 0.5) is 0 Å². The van der Waals surface area contributed by atoms with Crippen molar-refractivity contribution in [2.75, 3.05) is 6.79 Å². The van der Waals surface area contributed by atoms with E-state index in [1.807, 2.05) is 19.1 Å². The van der Waals surface area contributed by atoms with Gasteiger partial charge in [-0.1, -0.05) is 29.8 Å². The highest BCUT2D eigenvalue weighted by atomic mass is 16.7. The minimum atomic E-state index is -1.57. The van der Waals surface area contributed by atoms with Crippen molar-refractivity contribution < 1.29 is 19.4 Å². The molecule has 4 heteroatoms. The predicted molar refractivity (Wildman–Crippen MR) is 71.1 cm³/mol. The van der Waals surface area contributed by atoms with Gasteiger partial charge < -0.3 is 14.6 Å². The highest BCUT2D eigenvalue weighted by Gasteiger charge is 2.52. The van der Waals surface area contributed by atoms with Crippen molar-refractivity contribution in [3.05, 3.63) is 58.7 Å². The number of Topliss-reactive ketones (excluding diaryl/α,β-unsaturated/α-hetero) is 1. The molecular weight excluding hydrogens is 256 g/mol. The number of fused-ring (bicyclic) bond motifs is 2. The number of hydrogen-bond donors (Lipinski definition) is 1. The monoisotopic (exact) mass is 268 g/mol. The Morgan fingerprint density at radius 3 is 2.45 bits per heavy atom. The fourth-order valence-corrected chi connectivity index (χ4v) is 2.77. The third-order valence-electron chi connectivity index (χ3n) is 3.95. The molecule has 2 aromatic carbocycles. The number of ketones is 1. The van der Waals surface area contributed by atoms with E-state index in [0.29, 0.717) is 28.2 Å². The first-order chi connectivity index (χ1) is 9.60. The van der Waals surface area contributed by atoms with E-state index in [2.05, 4.69) is 0 Å². The standard InChI is InChI=1S/C16H12O4/c1-9-2-4-10(5-3-9)16(18)12-7-14-13(19-8-20-14)6-11(12)15(16)17/h2-7,18H,8H2,1H3. The molecule has 0 fully saturated rings. The summed E-state index contributed by atoms with van der Waals surface area (Å²) in [5.74, 6) is 0.833. The zero-order chi connectivity index (χ0) is 13.9. The number of benzene rings is 2. The van der Waals surface area contributed by atoms with Gasteiger partial charge in [0, 0.05) is 11.1 Å². The second kappa shape index (κ2) is 3.61. The van der Waals surface area contributed by atoms with Gasteiger partial charge in [-0.15, -0.1) is 0 Å². The minimum Gasteiger partial charge on any atom is -0.454 e.